The van der Waals surface area contributed by atoms with Crippen LogP contribution in [0.15, 0.2) is 57.4 Å². The van der Waals surface area contributed by atoms with Gasteiger partial charge in [0.2, 0.25) is 11.8 Å². The molecular formula is C17H14BrN3O3. The zero-order valence-electron chi connectivity index (χ0n) is 12.8. The van der Waals surface area contributed by atoms with E-state index in [1.54, 1.807) is 24.3 Å². The molecule has 0 radical (unpaired) electrons. The van der Waals surface area contributed by atoms with E-state index < -0.39 is 0 Å². The lowest BCUT2D eigenvalue weighted by Crippen LogP contribution is -2.05. The van der Waals surface area contributed by atoms with Gasteiger partial charge < -0.3 is 14.5 Å². The van der Waals surface area contributed by atoms with Crippen LogP contribution in [0.2, 0.25) is 0 Å². The van der Waals surface area contributed by atoms with Crippen molar-refractivity contribution in [2.24, 2.45) is 0 Å². The van der Waals surface area contributed by atoms with Crippen LogP contribution in [0.3, 0.4) is 0 Å². The number of ether oxygens (including phenoxy) is 1. The minimum absolute atomic E-state index is 0.117. The van der Waals surface area contributed by atoms with Crippen LogP contribution >= 0.6 is 15.9 Å². The Morgan fingerprint density at radius 2 is 1.92 bits per heavy atom. The molecule has 1 N–H and O–H groups in total. The molecular weight excluding hydrogens is 374 g/mol. The van der Waals surface area contributed by atoms with Crippen molar-refractivity contribution >= 4 is 27.5 Å². The normalized spacial score (nSPS) is 10.4. The van der Waals surface area contributed by atoms with Crippen molar-refractivity contribution in [3.8, 4) is 17.2 Å². The minimum Gasteiger partial charge on any atom is -0.484 e. The maximum absolute atomic E-state index is 11.0. The average molecular weight is 388 g/mol. The maximum Gasteiger partial charge on any atom is 0.254 e. The molecule has 0 fully saturated rings. The third-order valence-corrected chi connectivity index (χ3v) is 3.80. The van der Waals surface area contributed by atoms with Crippen LogP contribution in [0.1, 0.15) is 12.8 Å². The summed E-state index contributed by atoms with van der Waals surface area (Å²) in [4.78, 5) is 11.0. The average Bonchev–Trinajstić information content (AvgIpc) is 3.03. The van der Waals surface area contributed by atoms with Gasteiger partial charge in [-0.05, 0) is 52.3 Å². The number of anilines is 1. The fraction of sp³-hybridized carbons (Fsp3) is 0.118. The second kappa shape index (κ2) is 7.27. The Bertz CT molecular complexity index is 846. The van der Waals surface area contributed by atoms with Crippen LogP contribution in [0.5, 0.6) is 5.75 Å². The zero-order valence-corrected chi connectivity index (χ0v) is 14.4. The van der Waals surface area contributed by atoms with E-state index in [1.165, 1.54) is 6.92 Å². The number of amides is 1. The SMILES string of the molecule is CC(=O)Nc1ccc(OCc2nnc(-c3ccccc3Br)o2)cc1. The second-order valence-corrected chi connectivity index (χ2v) is 5.83. The van der Waals surface area contributed by atoms with Crippen LogP contribution in [0.25, 0.3) is 11.5 Å². The lowest BCUT2D eigenvalue weighted by Gasteiger charge is -2.05. The Balaban J connectivity index is 1.63. The number of nitrogens with zero attached hydrogens (tertiary/aromatic N) is 2. The Morgan fingerprint density at radius 1 is 1.17 bits per heavy atom. The van der Waals surface area contributed by atoms with Gasteiger partial charge >= 0.3 is 0 Å². The Hall–Kier alpha value is -2.67. The summed E-state index contributed by atoms with van der Waals surface area (Å²) in [5.74, 6) is 1.34. The van der Waals surface area contributed by atoms with E-state index in [0.29, 0.717) is 23.2 Å². The number of nitrogens with one attached hydrogen (secondary N) is 1. The Labute approximate surface area is 147 Å². The molecule has 2 aromatic carbocycles. The molecule has 0 unspecified atom stereocenters. The molecule has 0 aliphatic heterocycles. The highest BCUT2D eigenvalue weighted by molar-refractivity contribution is 9.10. The first-order valence-corrected chi connectivity index (χ1v) is 7.99. The standard InChI is InChI=1S/C17H14BrN3O3/c1-11(22)19-12-6-8-13(9-7-12)23-10-16-20-21-17(24-16)14-4-2-3-5-15(14)18/h2-9H,10H2,1H3,(H,19,22). The molecule has 24 heavy (non-hydrogen) atoms. The number of aromatic nitrogens is 2. The van der Waals surface area contributed by atoms with Crippen LogP contribution in [0.4, 0.5) is 5.69 Å². The van der Waals surface area contributed by atoms with Gasteiger partial charge in [-0.3, -0.25) is 4.79 Å². The summed E-state index contributed by atoms with van der Waals surface area (Å²) in [6, 6.07) is 14.7. The van der Waals surface area contributed by atoms with Gasteiger partial charge in [-0.1, -0.05) is 12.1 Å². The molecule has 0 atom stereocenters. The lowest BCUT2D eigenvalue weighted by molar-refractivity contribution is -0.114. The van der Waals surface area contributed by atoms with Crippen molar-refractivity contribution in [2.45, 2.75) is 13.5 Å². The van der Waals surface area contributed by atoms with E-state index in [4.69, 9.17) is 9.15 Å². The smallest absolute Gasteiger partial charge is 0.254 e. The maximum atomic E-state index is 11.0. The van der Waals surface area contributed by atoms with Gasteiger partial charge in [-0.25, -0.2) is 0 Å². The number of carbonyl (C=O) groups is 1. The largest absolute Gasteiger partial charge is 0.484 e. The van der Waals surface area contributed by atoms with Gasteiger partial charge in [0, 0.05) is 17.1 Å². The highest BCUT2D eigenvalue weighted by Crippen LogP contribution is 2.27. The predicted molar refractivity (Wildman–Crippen MR) is 92.5 cm³/mol. The van der Waals surface area contributed by atoms with Crippen molar-refractivity contribution in [3.05, 3.63) is 58.9 Å². The molecule has 1 heterocycles. The predicted octanol–water partition coefficient (Wildman–Crippen LogP) is 4.04. The van der Waals surface area contributed by atoms with E-state index >= 15 is 0 Å². The van der Waals surface area contributed by atoms with Gasteiger partial charge in [-0.15, -0.1) is 10.2 Å². The molecule has 3 rings (SSSR count). The van der Waals surface area contributed by atoms with E-state index in [9.17, 15) is 4.79 Å². The first-order chi connectivity index (χ1) is 11.6. The zero-order chi connectivity index (χ0) is 16.9. The molecule has 7 heteroatoms. The molecule has 0 saturated heterocycles. The summed E-state index contributed by atoms with van der Waals surface area (Å²) in [5, 5.41) is 10.7. The number of hydrogen-bond donors (Lipinski definition) is 1. The van der Waals surface area contributed by atoms with Crippen molar-refractivity contribution in [3.63, 3.8) is 0 Å². The molecule has 0 saturated carbocycles. The van der Waals surface area contributed by atoms with Crippen LogP contribution in [-0.4, -0.2) is 16.1 Å². The van der Waals surface area contributed by atoms with E-state index in [-0.39, 0.29) is 12.5 Å². The highest BCUT2D eigenvalue weighted by Gasteiger charge is 2.11. The Kier molecular flexibility index (Phi) is 4.90. The quantitative estimate of drug-likeness (QED) is 0.714. The molecule has 1 amide bonds. The molecule has 1 aromatic heterocycles. The second-order valence-electron chi connectivity index (χ2n) is 4.98. The summed E-state index contributed by atoms with van der Waals surface area (Å²) in [6.45, 7) is 1.62. The highest BCUT2D eigenvalue weighted by atomic mass is 79.9. The summed E-state index contributed by atoms with van der Waals surface area (Å²) >= 11 is 3.45. The van der Waals surface area contributed by atoms with Gasteiger partial charge in [-0.2, -0.15) is 0 Å². The van der Waals surface area contributed by atoms with Crippen molar-refractivity contribution < 1.29 is 13.9 Å². The number of rotatable bonds is 5. The van der Waals surface area contributed by atoms with Crippen molar-refractivity contribution in [2.75, 3.05) is 5.32 Å². The van der Waals surface area contributed by atoms with E-state index in [2.05, 4.69) is 31.4 Å². The summed E-state index contributed by atoms with van der Waals surface area (Å²) in [5.41, 5.74) is 1.54. The first kappa shape index (κ1) is 16.2. The Morgan fingerprint density at radius 3 is 2.62 bits per heavy atom. The molecule has 122 valence electrons. The monoisotopic (exact) mass is 387 g/mol. The number of hydrogen-bond acceptors (Lipinski definition) is 5. The van der Waals surface area contributed by atoms with Crippen LogP contribution in [0, 0.1) is 0 Å². The summed E-state index contributed by atoms with van der Waals surface area (Å²) in [7, 11) is 0. The topological polar surface area (TPSA) is 77.2 Å². The third-order valence-electron chi connectivity index (χ3n) is 3.11. The number of benzene rings is 2. The van der Waals surface area contributed by atoms with Gasteiger partial charge in [0.1, 0.15) is 5.75 Å². The number of halogens is 1. The molecule has 0 aliphatic carbocycles. The fourth-order valence-electron chi connectivity index (χ4n) is 2.04. The van der Waals surface area contributed by atoms with Crippen molar-refractivity contribution in [1.82, 2.24) is 10.2 Å². The van der Waals surface area contributed by atoms with Gasteiger partial charge in [0.05, 0.1) is 5.56 Å². The van der Waals surface area contributed by atoms with Crippen LogP contribution in [-0.2, 0) is 11.4 Å². The molecule has 0 spiro atoms. The van der Waals surface area contributed by atoms with E-state index in [0.717, 1.165) is 10.0 Å². The molecule has 0 bridgehead atoms. The third kappa shape index (κ3) is 3.99. The summed E-state index contributed by atoms with van der Waals surface area (Å²) in [6.07, 6.45) is 0. The van der Waals surface area contributed by atoms with Crippen molar-refractivity contribution in [1.29, 1.82) is 0 Å². The van der Waals surface area contributed by atoms with E-state index in [1.807, 2.05) is 24.3 Å². The summed E-state index contributed by atoms with van der Waals surface area (Å²) < 4.78 is 12.1. The lowest BCUT2D eigenvalue weighted by atomic mass is 10.2. The fourth-order valence-corrected chi connectivity index (χ4v) is 2.49. The minimum atomic E-state index is -0.117. The van der Waals surface area contributed by atoms with Gasteiger partial charge in [0.25, 0.3) is 5.89 Å². The molecule has 6 nitrogen and oxygen atoms in total. The van der Waals surface area contributed by atoms with Crippen LogP contribution < -0.4 is 10.1 Å². The van der Waals surface area contributed by atoms with Gasteiger partial charge in [0.15, 0.2) is 6.61 Å². The first-order valence-electron chi connectivity index (χ1n) is 7.19. The molecule has 3 aromatic rings. The number of carbonyl (C=O) groups excluding carboxylic acids is 1. The molecule has 0 aliphatic rings.